The first-order valence-corrected chi connectivity index (χ1v) is 8.32. The maximum atomic E-state index is 12.8. The highest BCUT2D eigenvalue weighted by Crippen LogP contribution is 2.33. The molecule has 0 atom stereocenters. The van der Waals surface area contributed by atoms with Crippen molar-refractivity contribution in [3.63, 3.8) is 0 Å². The number of nitrogens with zero attached hydrogens (tertiary/aromatic N) is 2. The highest BCUT2D eigenvalue weighted by molar-refractivity contribution is 5.69. The first kappa shape index (κ1) is 20.4. The fourth-order valence-corrected chi connectivity index (χ4v) is 2.77. The van der Waals surface area contributed by atoms with Gasteiger partial charge >= 0.3 is 12.4 Å². The Bertz CT molecular complexity index is 1040. The van der Waals surface area contributed by atoms with Crippen molar-refractivity contribution < 1.29 is 26.3 Å². The predicted octanol–water partition coefficient (Wildman–Crippen LogP) is 6.52. The van der Waals surface area contributed by atoms with Gasteiger partial charge in [0.15, 0.2) is 0 Å². The van der Waals surface area contributed by atoms with Crippen LogP contribution in [0.25, 0.3) is 22.5 Å². The number of alkyl halides is 6. The second-order valence-electron chi connectivity index (χ2n) is 6.19. The second kappa shape index (κ2) is 7.59. The van der Waals surface area contributed by atoms with E-state index in [0.29, 0.717) is 28.1 Å². The Balaban J connectivity index is 2.04. The molecule has 3 rings (SSSR count). The molecular formula is C21H12F6N2. The second-order valence-corrected chi connectivity index (χ2v) is 6.19. The van der Waals surface area contributed by atoms with Gasteiger partial charge in [-0.3, -0.25) is 0 Å². The number of aromatic nitrogens is 1. The van der Waals surface area contributed by atoms with Crippen molar-refractivity contribution in [1.29, 1.82) is 5.26 Å². The topological polar surface area (TPSA) is 36.7 Å². The van der Waals surface area contributed by atoms with Crippen LogP contribution in [0.3, 0.4) is 0 Å². The lowest BCUT2D eigenvalue weighted by atomic mass is 10.00. The zero-order valence-electron chi connectivity index (χ0n) is 14.6. The molecule has 0 saturated heterocycles. The summed E-state index contributed by atoms with van der Waals surface area (Å²) in [4.78, 5) is 4.40. The van der Waals surface area contributed by atoms with E-state index in [9.17, 15) is 26.3 Å². The summed E-state index contributed by atoms with van der Waals surface area (Å²) in [7, 11) is 0. The molecule has 0 aliphatic rings. The SMILES string of the molecule is N#CCc1ccc(-c2ccc(C(F)(F)F)cc2)nc1-c1ccc(C(F)(F)F)cc1. The van der Waals surface area contributed by atoms with Gasteiger partial charge in [-0.2, -0.15) is 31.6 Å². The lowest BCUT2D eigenvalue weighted by Gasteiger charge is -2.12. The van der Waals surface area contributed by atoms with Crippen LogP contribution in [0.5, 0.6) is 0 Å². The molecule has 0 radical (unpaired) electrons. The van der Waals surface area contributed by atoms with Gasteiger partial charge in [0, 0.05) is 11.1 Å². The van der Waals surface area contributed by atoms with Crippen molar-refractivity contribution in [3.05, 3.63) is 77.4 Å². The van der Waals surface area contributed by atoms with Crippen molar-refractivity contribution >= 4 is 0 Å². The lowest BCUT2D eigenvalue weighted by Crippen LogP contribution is -2.04. The molecule has 0 amide bonds. The number of hydrogen-bond donors (Lipinski definition) is 0. The zero-order valence-corrected chi connectivity index (χ0v) is 14.6. The molecule has 1 heterocycles. The van der Waals surface area contributed by atoms with E-state index >= 15 is 0 Å². The van der Waals surface area contributed by atoms with Crippen LogP contribution in [-0.4, -0.2) is 4.98 Å². The summed E-state index contributed by atoms with van der Waals surface area (Å²) in [6.45, 7) is 0. The van der Waals surface area contributed by atoms with Gasteiger partial charge in [0.25, 0.3) is 0 Å². The highest BCUT2D eigenvalue weighted by atomic mass is 19.4. The minimum atomic E-state index is -4.48. The van der Waals surface area contributed by atoms with E-state index in [1.54, 1.807) is 12.1 Å². The van der Waals surface area contributed by atoms with Crippen molar-refractivity contribution in [3.8, 4) is 28.6 Å². The van der Waals surface area contributed by atoms with E-state index < -0.39 is 23.5 Å². The van der Waals surface area contributed by atoms with Crippen LogP contribution in [0.2, 0.25) is 0 Å². The summed E-state index contributed by atoms with van der Waals surface area (Å²) < 4.78 is 76.6. The van der Waals surface area contributed by atoms with Crippen LogP contribution in [0.4, 0.5) is 26.3 Å². The van der Waals surface area contributed by atoms with E-state index in [0.717, 1.165) is 24.3 Å². The number of benzene rings is 2. The van der Waals surface area contributed by atoms with E-state index in [2.05, 4.69) is 4.98 Å². The summed E-state index contributed by atoms with van der Waals surface area (Å²) in [6, 6.07) is 13.9. The molecule has 0 aliphatic carbocycles. The third-order valence-electron chi connectivity index (χ3n) is 4.24. The van der Waals surface area contributed by atoms with Crippen molar-refractivity contribution in [2.75, 3.05) is 0 Å². The molecule has 8 heteroatoms. The monoisotopic (exact) mass is 406 g/mol. The Kier molecular flexibility index (Phi) is 5.33. The van der Waals surface area contributed by atoms with Crippen LogP contribution in [0, 0.1) is 11.3 Å². The summed E-state index contributed by atoms with van der Waals surface area (Å²) in [6.07, 6.45) is -8.96. The van der Waals surface area contributed by atoms with E-state index in [1.807, 2.05) is 6.07 Å². The van der Waals surface area contributed by atoms with Crippen LogP contribution in [0.15, 0.2) is 60.7 Å². The van der Waals surface area contributed by atoms with Crippen LogP contribution in [-0.2, 0) is 18.8 Å². The van der Waals surface area contributed by atoms with Gasteiger partial charge in [-0.25, -0.2) is 4.98 Å². The van der Waals surface area contributed by atoms with Crippen molar-refractivity contribution in [1.82, 2.24) is 4.98 Å². The number of halogens is 6. The normalized spacial score (nSPS) is 11.9. The zero-order chi connectivity index (χ0) is 21.2. The standard InChI is InChI=1S/C21H12F6N2/c22-20(23,24)16-6-1-13(2-7-16)18-10-5-15(11-12-28)19(29-18)14-3-8-17(9-4-14)21(25,26)27/h1-10H,11H2. The Hall–Kier alpha value is -3.34. The van der Waals surface area contributed by atoms with Crippen LogP contribution < -0.4 is 0 Å². The minimum Gasteiger partial charge on any atom is -0.247 e. The van der Waals surface area contributed by atoms with Gasteiger partial charge < -0.3 is 0 Å². The van der Waals surface area contributed by atoms with E-state index in [1.165, 1.54) is 24.3 Å². The smallest absolute Gasteiger partial charge is 0.247 e. The van der Waals surface area contributed by atoms with Gasteiger partial charge in [-0.1, -0.05) is 30.3 Å². The molecule has 3 aromatic rings. The number of rotatable bonds is 3. The lowest BCUT2D eigenvalue weighted by molar-refractivity contribution is -0.138. The quantitative estimate of drug-likeness (QED) is 0.465. The van der Waals surface area contributed by atoms with Gasteiger partial charge in [0.2, 0.25) is 0 Å². The molecule has 29 heavy (non-hydrogen) atoms. The number of hydrogen-bond acceptors (Lipinski definition) is 2. The first-order valence-electron chi connectivity index (χ1n) is 8.32. The Morgan fingerprint density at radius 1 is 0.690 bits per heavy atom. The molecule has 2 aromatic carbocycles. The fourth-order valence-electron chi connectivity index (χ4n) is 2.77. The molecule has 0 fully saturated rings. The Morgan fingerprint density at radius 3 is 1.62 bits per heavy atom. The average Bonchev–Trinajstić information content (AvgIpc) is 2.67. The molecule has 0 aliphatic heterocycles. The third kappa shape index (κ3) is 4.57. The predicted molar refractivity (Wildman–Crippen MR) is 94.4 cm³/mol. The molecule has 0 unspecified atom stereocenters. The van der Waals surface area contributed by atoms with Crippen molar-refractivity contribution in [2.45, 2.75) is 18.8 Å². The van der Waals surface area contributed by atoms with Gasteiger partial charge in [-0.05, 0) is 35.9 Å². The van der Waals surface area contributed by atoms with Gasteiger partial charge in [0.1, 0.15) is 0 Å². The molecule has 2 nitrogen and oxygen atoms in total. The molecule has 0 spiro atoms. The molecule has 0 saturated carbocycles. The highest BCUT2D eigenvalue weighted by Gasteiger charge is 2.31. The largest absolute Gasteiger partial charge is 0.416 e. The number of nitriles is 1. The molecule has 148 valence electrons. The fraction of sp³-hybridized carbons (Fsp3) is 0.143. The van der Waals surface area contributed by atoms with E-state index in [4.69, 9.17) is 5.26 Å². The maximum Gasteiger partial charge on any atom is 0.416 e. The van der Waals surface area contributed by atoms with Crippen LogP contribution in [0.1, 0.15) is 16.7 Å². The molecule has 1 aromatic heterocycles. The summed E-state index contributed by atoms with van der Waals surface area (Å²) >= 11 is 0. The Morgan fingerprint density at radius 2 is 1.17 bits per heavy atom. The van der Waals surface area contributed by atoms with Gasteiger partial charge in [-0.15, -0.1) is 0 Å². The summed E-state index contributed by atoms with van der Waals surface area (Å²) in [5.41, 5.74) is 0.315. The number of pyridine rings is 1. The molecule has 0 N–H and O–H groups in total. The van der Waals surface area contributed by atoms with Crippen LogP contribution >= 0.6 is 0 Å². The molecular weight excluding hydrogens is 394 g/mol. The summed E-state index contributed by atoms with van der Waals surface area (Å²) in [5.74, 6) is 0. The first-order chi connectivity index (χ1) is 13.6. The summed E-state index contributed by atoms with van der Waals surface area (Å²) in [5, 5.41) is 9.00. The molecule has 0 bridgehead atoms. The minimum absolute atomic E-state index is 0.0172. The van der Waals surface area contributed by atoms with Gasteiger partial charge in [0.05, 0.1) is 35.0 Å². The Labute approximate surface area is 162 Å². The average molecular weight is 406 g/mol. The van der Waals surface area contributed by atoms with Crippen molar-refractivity contribution in [2.24, 2.45) is 0 Å². The van der Waals surface area contributed by atoms with E-state index in [-0.39, 0.29) is 6.42 Å². The third-order valence-corrected chi connectivity index (χ3v) is 4.24. The maximum absolute atomic E-state index is 12.8.